The molecule has 0 aliphatic heterocycles. The summed E-state index contributed by atoms with van der Waals surface area (Å²) in [6.07, 6.45) is 7.13. The van der Waals surface area contributed by atoms with Crippen LogP contribution in [0.2, 0.25) is 0 Å². The summed E-state index contributed by atoms with van der Waals surface area (Å²) in [6, 6.07) is 10.0. The van der Waals surface area contributed by atoms with Gasteiger partial charge in [-0.1, -0.05) is 48.9 Å². The number of allylic oxidation sites excluding steroid dienone is 3. The lowest BCUT2D eigenvalue weighted by Crippen LogP contribution is -2.07. The van der Waals surface area contributed by atoms with Crippen LogP contribution in [0, 0.1) is 5.92 Å². The second kappa shape index (κ2) is 7.09. The van der Waals surface area contributed by atoms with Crippen LogP contribution in [0.5, 0.6) is 0 Å². The number of rotatable bonds is 4. The van der Waals surface area contributed by atoms with Crippen LogP contribution in [0.15, 0.2) is 53.8 Å². The lowest BCUT2D eigenvalue weighted by atomic mass is 9.88. The van der Waals surface area contributed by atoms with Crippen molar-refractivity contribution in [2.75, 3.05) is 0 Å². The smallest absolute Gasteiger partial charge is 0.310 e. The predicted octanol–water partition coefficient (Wildman–Crippen LogP) is 4.42. The summed E-state index contributed by atoms with van der Waals surface area (Å²) in [5, 5.41) is 0. The first-order valence-electron chi connectivity index (χ1n) is 7.25. The molecular weight excluding hydrogens is 248 g/mol. The SMILES string of the molecule is CC1=CC(C)C(=COC(=O)CCc2ccccc2)CC1. The molecule has 2 nitrogen and oxygen atoms in total. The molecule has 1 unspecified atom stereocenters. The minimum Gasteiger partial charge on any atom is -0.435 e. The molecule has 0 heterocycles. The highest BCUT2D eigenvalue weighted by Crippen LogP contribution is 2.27. The van der Waals surface area contributed by atoms with Crippen molar-refractivity contribution in [3.63, 3.8) is 0 Å². The summed E-state index contributed by atoms with van der Waals surface area (Å²) >= 11 is 0. The molecule has 20 heavy (non-hydrogen) atoms. The Hall–Kier alpha value is -1.83. The van der Waals surface area contributed by atoms with Gasteiger partial charge in [-0.2, -0.15) is 0 Å². The Morgan fingerprint density at radius 2 is 2.05 bits per heavy atom. The Kier molecular flexibility index (Phi) is 5.16. The first-order chi connectivity index (χ1) is 9.65. The standard InChI is InChI=1S/C18H22O2/c1-14-8-10-17(15(2)12-14)13-20-18(19)11-9-16-6-4-3-5-7-16/h3-7,12-13,15H,8-11H2,1-2H3. The van der Waals surface area contributed by atoms with Gasteiger partial charge in [0.25, 0.3) is 0 Å². The van der Waals surface area contributed by atoms with Gasteiger partial charge < -0.3 is 4.74 Å². The molecule has 2 rings (SSSR count). The van der Waals surface area contributed by atoms with E-state index in [0.29, 0.717) is 12.3 Å². The first-order valence-corrected chi connectivity index (χ1v) is 7.25. The van der Waals surface area contributed by atoms with E-state index in [1.165, 1.54) is 16.7 Å². The average molecular weight is 270 g/mol. The molecule has 106 valence electrons. The minimum atomic E-state index is -0.153. The van der Waals surface area contributed by atoms with Crippen LogP contribution < -0.4 is 0 Å². The molecule has 0 amide bonds. The molecule has 0 aromatic heterocycles. The highest BCUT2D eigenvalue weighted by molar-refractivity contribution is 5.70. The summed E-state index contributed by atoms with van der Waals surface area (Å²) in [4.78, 5) is 11.7. The second-order valence-electron chi connectivity index (χ2n) is 5.47. The Bertz CT molecular complexity index is 511. The number of carbonyl (C=O) groups excluding carboxylic acids is 1. The molecule has 1 aromatic rings. The predicted molar refractivity (Wildman–Crippen MR) is 81.1 cm³/mol. The zero-order valence-corrected chi connectivity index (χ0v) is 12.3. The van der Waals surface area contributed by atoms with Gasteiger partial charge in [0, 0.05) is 6.42 Å². The van der Waals surface area contributed by atoms with Gasteiger partial charge in [0.15, 0.2) is 0 Å². The van der Waals surface area contributed by atoms with Gasteiger partial charge in [-0.15, -0.1) is 0 Å². The maximum Gasteiger partial charge on any atom is 0.310 e. The summed E-state index contributed by atoms with van der Waals surface area (Å²) in [5.41, 5.74) is 3.80. The number of benzene rings is 1. The first kappa shape index (κ1) is 14.6. The number of aryl methyl sites for hydroxylation is 1. The largest absolute Gasteiger partial charge is 0.435 e. The molecule has 1 aliphatic rings. The van der Waals surface area contributed by atoms with Crippen LogP contribution in [-0.2, 0) is 16.0 Å². The molecule has 0 saturated heterocycles. The summed E-state index contributed by atoms with van der Waals surface area (Å²) < 4.78 is 5.28. The summed E-state index contributed by atoms with van der Waals surface area (Å²) in [7, 11) is 0. The number of esters is 1. The van der Waals surface area contributed by atoms with Crippen LogP contribution in [0.3, 0.4) is 0 Å². The zero-order valence-electron chi connectivity index (χ0n) is 12.3. The molecular formula is C18H22O2. The lowest BCUT2D eigenvalue weighted by Gasteiger charge is -2.19. The van der Waals surface area contributed by atoms with Gasteiger partial charge in [0.2, 0.25) is 0 Å². The zero-order chi connectivity index (χ0) is 14.4. The normalized spacial score (nSPS) is 20.6. The molecule has 0 bridgehead atoms. The van der Waals surface area contributed by atoms with Crippen LogP contribution in [0.25, 0.3) is 0 Å². The van der Waals surface area contributed by atoms with E-state index in [1.54, 1.807) is 6.26 Å². The van der Waals surface area contributed by atoms with Crippen LogP contribution >= 0.6 is 0 Å². The third-order valence-electron chi connectivity index (χ3n) is 3.73. The molecule has 0 spiro atoms. The number of hydrogen-bond acceptors (Lipinski definition) is 2. The van der Waals surface area contributed by atoms with Crippen molar-refractivity contribution in [1.29, 1.82) is 0 Å². The number of ether oxygens (including phenoxy) is 1. The third-order valence-corrected chi connectivity index (χ3v) is 3.73. The van der Waals surface area contributed by atoms with Gasteiger partial charge in [0.05, 0.1) is 6.26 Å². The van der Waals surface area contributed by atoms with E-state index in [1.807, 2.05) is 30.3 Å². The van der Waals surface area contributed by atoms with Crippen molar-refractivity contribution in [3.8, 4) is 0 Å². The van der Waals surface area contributed by atoms with Gasteiger partial charge in [-0.05, 0) is 43.2 Å². The van der Waals surface area contributed by atoms with Crippen LogP contribution in [0.1, 0.15) is 38.7 Å². The van der Waals surface area contributed by atoms with Crippen molar-refractivity contribution in [3.05, 3.63) is 59.4 Å². The molecule has 1 atom stereocenters. The Balaban J connectivity index is 1.81. The average Bonchev–Trinajstić information content (AvgIpc) is 2.45. The van der Waals surface area contributed by atoms with Crippen LogP contribution in [-0.4, -0.2) is 5.97 Å². The lowest BCUT2D eigenvalue weighted by molar-refractivity contribution is -0.138. The minimum absolute atomic E-state index is 0.153. The van der Waals surface area contributed by atoms with Crippen molar-refractivity contribution in [1.82, 2.24) is 0 Å². The van der Waals surface area contributed by atoms with Crippen LogP contribution in [0.4, 0.5) is 0 Å². The number of carbonyl (C=O) groups is 1. The van der Waals surface area contributed by atoms with E-state index in [-0.39, 0.29) is 5.97 Å². The number of hydrogen-bond donors (Lipinski definition) is 0. The van der Waals surface area contributed by atoms with E-state index >= 15 is 0 Å². The maximum absolute atomic E-state index is 11.7. The van der Waals surface area contributed by atoms with Crippen molar-refractivity contribution in [2.24, 2.45) is 5.92 Å². The molecule has 1 aromatic carbocycles. The Labute approximate surface area is 121 Å². The second-order valence-corrected chi connectivity index (χ2v) is 5.47. The Morgan fingerprint density at radius 3 is 2.75 bits per heavy atom. The molecule has 2 heteroatoms. The third kappa shape index (κ3) is 4.37. The van der Waals surface area contributed by atoms with Crippen molar-refractivity contribution in [2.45, 2.75) is 39.5 Å². The molecule has 0 N–H and O–H groups in total. The van der Waals surface area contributed by atoms with Gasteiger partial charge in [-0.3, -0.25) is 4.79 Å². The van der Waals surface area contributed by atoms with E-state index in [4.69, 9.17) is 4.74 Å². The highest BCUT2D eigenvalue weighted by Gasteiger charge is 2.13. The highest BCUT2D eigenvalue weighted by atomic mass is 16.5. The molecule has 0 fully saturated rings. The van der Waals surface area contributed by atoms with E-state index < -0.39 is 0 Å². The fraction of sp³-hybridized carbons (Fsp3) is 0.389. The fourth-order valence-corrected chi connectivity index (χ4v) is 2.44. The maximum atomic E-state index is 11.7. The Morgan fingerprint density at radius 1 is 1.30 bits per heavy atom. The topological polar surface area (TPSA) is 26.3 Å². The van der Waals surface area contributed by atoms with E-state index in [2.05, 4.69) is 19.9 Å². The summed E-state index contributed by atoms with van der Waals surface area (Å²) in [5.74, 6) is 0.227. The summed E-state index contributed by atoms with van der Waals surface area (Å²) in [6.45, 7) is 4.30. The van der Waals surface area contributed by atoms with Crippen molar-refractivity contribution >= 4 is 5.97 Å². The molecule has 0 radical (unpaired) electrons. The van der Waals surface area contributed by atoms with Gasteiger partial charge in [0.1, 0.15) is 0 Å². The fourth-order valence-electron chi connectivity index (χ4n) is 2.44. The molecule has 0 saturated carbocycles. The quantitative estimate of drug-likeness (QED) is 0.460. The molecule has 1 aliphatic carbocycles. The van der Waals surface area contributed by atoms with E-state index in [9.17, 15) is 4.79 Å². The van der Waals surface area contributed by atoms with Gasteiger partial charge >= 0.3 is 5.97 Å². The van der Waals surface area contributed by atoms with Gasteiger partial charge in [-0.25, -0.2) is 0 Å². The van der Waals surface area contributed by atoms with Crippen molar-refractivity contribution < 1.29 is 9.53 Å². The van der Waals surface area contributed by atoms with E-state index in [0.717, 1.165) is 19.3 Å². The monoisotopic (exact) mass is 270 g/mol.